The molecule has 0 rings (SSSR count). The van der Waals surface area contributed by atoms with Gasteiger partial charge in [0.05, 0.1) is 26.4 Å². The van der Waals surface area contributed by atoms with Crippen molar-refractivity contribution in [3.8, 4) is 0 Å². The number of rotatable bonds is 84. The van der Waals surface area contributed by atoms with Crippen LogP contribution in [0.5, 0.6) is 0 Å². The van der Waals surface area contributed by atoms with Crippen molar-refractivity contribution >= 4 is 39.5 Å². The summed E-state index contributed by atoms with van der Waals surface area (Å²) in [6.07, 6.45) is 68.0. The van der Waals surface area contributed by atoms with Crippen molar-refractivity contribution in [2.45, 2.75) is 471 Å². The van der Waals surface area contributed by atoms with Crippen LogP contribution < -0.4 is 0 Å². The van der Waals surface area contributed by atoms with E-state index in [0.29, 0.717) is 25.7 Å². The molecule has 5 atom stereocenters. The number of unbranched alkanes of at least 4 members (excludes halogenated alkanes) is 54. The third-order valence-corrected chi connectivity index (χ3v) is 21.9. The third kappa shape index (κ3) is 78.2. The number of esters is 4. The topological polar surface area (TPSA) is 237 Å². The second kappa shape index (κ2) is 76.4. The largest absolute Gasteiger partial charge is 0.472 e. The van der Waals surface area contributed by atoms with Gasteiger partial charge in [-0.3, -0.25) is 37.3 Å². The quantitative estimate of drug-likeness (QED) is 0.0222. The van der Waals surface area contributed by atoms with E-state index in [-0.39, 0.29) is 25.7 Å². The van der Waals surface area contributed by atoms with Gasteiger partial charge in [-0.15, -0.1) is 0 Å². The minimum atomic E-state index is -4.96. The zero-order valence-electron chi connectivity index (χ0n) is 68.3. The number of aliphatic hydroxyl groups excluding tert-OH is 1. The molecule has 0 amide bonds. The first-order valence-corrected chi connectivity index (χ1v) is 47.0. The number of hydrogen-bond donors (Lipinski definition) is 3. The Morgan fingerprint density at radius 1 is 0.260 bits per heavy atom. The smallest absolute Gasteiger partial charge is 0.462 e. The Hall–Kier alpha value is -1.94. The van der Waals surface area contributed by atoms with Crippen molar-refractivity contribution in [2.75, 3.05) is 39.6 Å². The molecule has 2 unspecified atom stereocenters. The van der Waals surface area contributed by atoms with Crippen LogP contribution in [0.3, 0.4) is 0 Å². The fraction of sp³-hybridized carbons (Fsp3) is 0.953. The zero-order chi connectivity index (χ0) is 76.4. The molecule has 0 aliphatic rings. The van der Waals surface area contributed by atoms with E-state index < -0.39 is 97.5 Å². The third-order valence-electron chi connectivity index (χ3n) is 20.0. The summed E-state index contributed by atoms with van der Waals surface area (Å²) in [4.78, 5) is 73.2. The van der Waals surface area contributed by atoms with Crippen LogP contribution in [0, 0.1) is 11.8 Å². The van der Waals surface area contributed by atoms with E-state index >= 15 is 0 Å². The van der Waals surface area contributed by atoms with Crippen LogP contribution in [0.15, 0.2) is 0 Å². The Kier molecular flexibility index (Phi) is 75.0. The van der Waals surface area contributed by atoms with Crippen LogP contribution in [-0.4, -0.2) is 96.7 Å². The monoisotopic (exact) mass is 1520 g/mol. The van der Waals surface area contributed by atoms with Crippen LogP contribution in [0.25, 0.3) is 0 Å². The molecular weight excluding hydrogens is 1350 g/mol. The second-order valence-corrected chi connectivity index (χ2v) is 34.4. The Morgan fingerprint density at radius 3 is 0.654 bits per heavy atom. The van der Waals surface area contributed by atoms with Gasteiger partial charge in [-0.2, -0.15) is 0 Å². The highest BCUT2D eigenvalue weighted by Crippen LogP contribution is 2.45. The highest BCUT2D eigenvalue weighted by molar-refractivity contribution is 7.47. The molecule has 19 heteroatoms. The number of hydrogen-bond acceptors (Lipinski definition) is 15. The van der Waals surface area contributed by atoms with Crippen molar-refractivity contribution < 1.29 is 80.2 Å². The van der Waals surface area contributed by atoms with Gasteiger partial charge < -0.3 is 33.8 Å². The normalized spacial score (nSPS) is 13.8. The maximum atomic E-state index is 13.1. The molecule has 0 aromatic heterocycles. The minimum absolute atomic E-state index is 0.108. The lowest BCUT2D eigenvalue weighted by atomic mass is 10.0. The van der Waals surface area contributed by atoms with Crippen LogP contribution in [0.1, 0.15) is 452 Å². The molecule has 0 heterocycles. The summed E-state index contributed by atoms with van der Waals surface area (Å²) in [6.45, 7) is 9.67. The number of ether oxygens (including phenoxy) is 4. The molecule has 17 nitrogen and oxygen atoms in total. The summed E-state index contributed by atoms with van der Waals surface area (Å²) in [7, 11) is -9.93. The highest BCUT2D eigenvalue weighted by atomic mass is 31.2. The van der Waals surface area contributed by atoms with Gasteiger partial charge in [-0.25, -0.2) is 9.13 Å². The van der Waals surface area contributed by atoms with E-state index in [0.717, 1.165) is 102 Å². The van der Waals surface area contributed by atoms with Gasteiger partial charge in [0.2, 0.25) is 0 Å². The van der Waals surface area contributed by atoms with Gasteiger partial charge in [0.25, 0.3) is 0 Å². The van der Waals surface area contributed by atoms with Crippen molar-refractivity contribution in [1.29, 1.82) is 0 Å². The minimum Gasteiger partial charge on any atom is -0.462 e. The molecule has 0 saturated carbocycles. The number of aliphatic hydroxyl groups is 1. The number of carbonyl (C=O) groups excluding carboxylic acids is 4. The van der Waals surface area contributed by atoms with Crippen LogP contribution in [-0.2, 0) is 65.4 Å². The second-order valence-electron chi connectivity index (χ2n) is 31.5. The van der Waals surface area contributed by atoms with Gasteiger partial charge in [0.1, 0.15) is 19.3 Å². The SMILES string of the molecule is CCCCCCCCCCCCCCCCCCCCCCCCC(=O)O[C@H](COC(=O)CCCCCCCCCCCCCCC(C)C)COP(=O)(O)OC[C@@H](O)COP(=O)(O)OC[C@@H](COC(=O)CCCCCCCCCCCCC(C)C)OC(=O)CCCCCCCCCCCCCCCC. The zero-order valence-corrected chi connectivity index (χ0v) is 70.1. The van der Waals surface area contributed by atoms with E-state index in [2.05, 4.69) is 41.5 Å². The van der Waals surface area contributed by atoms with E-state index in [1.54, 1.807) is 0 Å². The summed E-state index contributed by atoms with van der Waals surface area (Å²) >= 11 is 0. The van der Waals surface area contributed by atoms with Crippen molar-refractivity contribution in [2.24, 2.45) is 11.8 Å². The van der Waals surface area contributed by atoms with Gasteiger partial charge in [-0.05, 0) is 37.5 Å². The molecule has 0 bridgehead atoms. The summed E-state index contributed by atoms with van der Waals surface area (Å²) in [5, 5.41) is 10.7. The highest BCUT2D eigenvalue weighted by Gasteiger charge is 2.30. The first-order chi connectivity index (χ1) is 50.4. The molecular formula is C85H166O17P2. The Balaban J connectivity index is 5.23. The first kappa shape index (κ1) is 102. The molecule has 0 aromatic rings. The fourth-order valence-corrected chi connectivity index (χ4v) is 14.8. The van der Waals surface area contributed by atoms with Crippen molar-refractivity contribution in [3.05, 3.63) is 0 Å². The lowest BCUT2D eigenvalue weighted by Crippen LogP contribution is -2.30. The summed E-state index contributed by atoms with van der Waals surface area (Å²) in [5.74, 6) is -0.562. The molecule has 0 aliphatic heterocycles. The van der Waals surface area contributed by atoms with E-state index in [9.17, 15) is 43.2 Å². The lowest BCUT2D eigenvalue weighted by molar-refractivity contribution is -0.161. The molecule has 618 valence electrons. The molecule has 0 spiro atoms. The molecule has 0 aromatic carbocycles. The first-order valence-electron chi connectivity index (χ1n) is 44.0. The number of phosphoric acid groups is 2. The van der Waals surface area contributed by atoms with Gasteiger partial charge >= 0.3 is 39.5 Å². The predicted octanol–water partition coefficient (Wildman–Crippen LogP) is 25.8. The van der Waals surface area contributed by atoms with Crippen LogP contribution >= 0.6 is 15.6 Å². The van der Waals surface area contributed by atoms with Gasteiger partial charge in [-0.1, -0.05) is 401 Å². The number of phosphoric ester groups is 2. The van der Waals surface area contributed by atoms with Gasteiger partial charge in [0, 0.05) is 25.7 Å². The van der Waals surface area contributed by atoms with E-state index in [1.807, 2.05) is 0 Å². The molecule has 0 aliphatic carbocycles. The Morgan fingerprint density at radius 2 is 0.442 bits per heavy atom. The molecule has 3 N–H and O–H groups in total. The average Bonchev–Trinajstić information content (AvgIpc) is 0.908. The lowest BCUT2D eigenvalue weighted by Gasteiger charge is -2.21. The summed E-state index contributed by atoms with van der Waals surface area (Å²) in [5.41, 5.74) is 0. The number of carbonyl (C=O) groups is 4. The Labute approximate surface area is 638 Å². The van der Waals surface area contributed by atoms with Crippen molar-refractivity contribution in [3.63, 3.8) is 0 Å². The predicted molar refractivity (Wildman–Crippen MR) is 428 cm³/mol. The van der Waals surface area contributed by atoms with Crippen LogP contribution in [0.4, 0.5) is 0 Å². The van der Waals surface area contributed by atoms with Crippen molar-refractivity contribution in [1.82, 2.24) is 0 Å². The van der Waals surface area contributed by atoms with Crippen LogP contribution in [0.2, 0.25) is 0 Å². The van der Waals surface area contributed by atoms with E-state index in [4.69, 9.17) is 37.0 Å². The summed E-state index contributed by atoms with van der Waals surface area (Å²) in [6, 6.07) is 0. The standard InChI is InChI=1S/C85H166O17P2/c1-7-9-11-13-15-17-19-21-23-24-25-26-27-28-29-30-32-38-46-52-58-64-70-85(90)101-80(73-95-82(87)67-61-55-49-43-36-34-33-35-41-47-53-59-65-77(3)4)75-99-103(91,92)97-71-79(86)72-98-104(93,94)100-76-81(74-96-83(88)68-62-56-50-44-40-39-42-48-54-60-66-78(5)6)102-84(89)69-63-57-51-45-37-31-22-20-18-16-14-12-10-8-2/h77-81,86H,7-76H2,1-6H3,(H,91,92)(H,93,94)/t79-,80-,81-/m1/s1. The molecule has 0 fully saturated rings. The fourth-order valence-electron chi connectivity index (χ4n) is 13.2. The molecule has 0 radical (unpaired) electrons. The summed E-state index contributed by atoms with van der Waals surface area (Å²) < 4.78 is 68.9. The van der Waals surface area contributed by atoms with E-state index in [1.165, 1.54) is 270 Å². The average molecular weight is 1520 g/mol. The molecule has 0 saturated heterocycles. The Bertz CT molecular complexity index is 1990. The maximum absolute atomic E-state index is 13.1. The van der Waals surface area contributed by atoms with Gasteiger partial charge in [0.15, 0.2) is 12.2 Å². The molecule has 104 heavy (non-hydrogen) atoms. The maximum Gasteiger partial charge on any atom is 0.472 e.